The SMILES string of the molecule is CCNC(=NCC(C)Sc1ccccc1)NC1CCN(CCS(C)(=O)=O)CC1.I. The zero-order chi connectivity index (χ0) is 20.4. The molecule has 0 saturated carbocycles. The van der Waals surface area contributed by atoms with Gasteiger partial charge < -0.3 is 15.5 Å². The van der Waals surface area contributed by atoms with E-state index in [2.05, 4.69) is 53.6 Å². The number of aliphatic imine (C=N–C) groups is 1. The number of nitrogens with one attached hydrogen (secondary N) is 2. The molecule has 1 aliphatic heterocycles. The summed E-state index contributed by atoms with van der Waals surface area (Å²) < 4.78 is 22.7. The molecule has 2 N–H and O–H groups in total. The van der Waals surface area contributed by atoms with Crippen molar-refractivity contribution >= 4 is 51.5 Å². The summed E-state index contributed by atoms with van der Waals surface area (Å²) >= 11 is 1.84. The van der Waals surface area contributed by atoms with Gasteiger partial charge in [0.25, 0.3) is 0 Å². The molecule has 1 unspecified atom stereocenters. The number of piperidine rings is 1. The molecule has 0 aliphatic carbocycles. The fraction of sp³-hybridized carbons (Fsp3) is 0.650. The Hall–Kier alpha value is -0.520. The van der Waals surface area contributed by atoms with Crippen molar-refractivity contribution in [3.63, 3.8) is 0 Å². The zero-order valence-electron chi connectivity index (χ0n) is 17.6. The molecule has 6 nitrogen and oxygen atoms in total. The van der Waals surface area contributed by atoms with Crippen LogP contribution in [-0.4, -0.2) is 75.3 Å². The lowest BCUT2D eigenvalue weighted by molar-refractivity contribution is 0.216. The van der Waals surface area contributed by atoms with E-state index in [1.165, 1.54) is 11.2 Å². The van der Waals surface area contributed by atoms with Crippen molar-refractivity contribution in [2.24, 2.45) is 4.99 Å². The molecule has 1 saturated heterocycles. The monoisotopic (exact) mass is 554 g/mol. The Kier molecular flexibility index (Phi) is 12.5. The first-order valence-corrected chi connectivity index (χ1v) is 13.0. The molecule has 0 spiro atoms. The van der Waals surface area contributed by atoms with Gasteiger partial charge in [-0.25, -0.2) is 8.42 Å². The molecule has 0 radical (unpaired) electrons. The minimum Gasteiger partial charge on any atom is -0.357 e. The van der Waals surface area contributed by atoms with E-state index in [1.54, 1.807) is 0 Å². The van der Waals surface area contributed by atoms with Crippen LogP contribution in [0.25, 0.3) is 0 Å². The van der Waals surface area contributed by atoms with Crippen LogP contribution in [-0.2, 0) is 9.84 Å². The summed E-state index contributed by atoms with van der Waals surface area (Å²) in [6.45, 7) is 8.34. The van der Waals surface area contributed by atoms with Gasteiger partial charge in [0, 0.05) is 48.6 Å². The van der Waals surface area contributed by atoms with Gasteiger partial charge in [-0.2, -0.15) is 0 Å². The normalized spacial score (nSPS) is 17.4. The van der Waals surface area contributed by atoms with E-state index in [9.17, 15) is 8.42 Å². The van der Waals surface area contributed by atoms with Crippen molar-refractivity contribution in [3.8, 4) is 0 Å². The Balaban J connectivity index is 0.00000420. The highest BCUT2D eigenvalue weighted by atomic mass is 127. The van der Waals surface area contributed by atoms with Crippen molar-refractivity contribution in [1.82, 2.24) is 15.5 Å². The van der Waals surface area contributed by atoms with Crippen molar-refractivity contribution in [2.75, 3.05) is 44.7 Å². The third kappa shape index (κ3) is 11.4. The maximum absolute atomic E-state index is 11.3. The van der Waals surface area contributed by atoms with Crippen molar-refractivity contribution in [1.29, 1.82) is 0 Å². The summed E-state index contributed by atoms with van der Waals surface area (Å²) in [7, 11) is -2.89. The summed E-state index contributed by atoms with van der Waals surface area (Å²) in [5, 5.41) is 7.29. The van der Waals surface area contributed by atoms with E-state index < -0.39 is 9.84 Å². The summed E-state index contributed by atoms with van der Waals surface area (Å²) in [6.07, 6.45) is 3.31. The van der Waals surface area contributed by atoms with Gasteiger partial charge in [0.1, 0.15) is 9.84 Å². The second kappa shape index (κ2) is 13.7. The molecule has 9 heteroatoms. The maximum Gasteiger partial charge on any atom is 0.191 e. The Bertz CT molecular complexity index is 708. The van der Waals surface area contributed by atoms with Crippen LogP contribution in [0.15, 0.2) is 40.2 Å². The number of likely N-dealkylation sites (tertiary alicyclic amines) is 1. The highest BCUT2D eigenvalue weighted by Crippen LogP contribution is 2.22. The molecule has 1 aromatic rings. The van der Waals surface area contributed by atoms with E-state index in [0.29, 0.717) is 17.8 Å². The summed E-state index contributed by atoms with van der Waals surface area (Å²) in [6, 6.07) is 10.8. The van der Waals surface area contributed by atoms with Crippen LogP contribution in [0.4, 0.5) is 0 Å². The minimum absolute atomic E-state index is 0. The lowest BCUT2D eigenvalue weighted by Crippen LogP contribution is -2.49. The first kappa shape index (κ1) is 26.5. The van der Waals surface area contributed by atoms with E-state index in [-0.39, 0.29) is 29.7 Å². The molecule has 1 aliphatic rings. The number of hydrogen-bond donors (Lipinski definition) is 2. The van der Waals surface area contributed by atoms with Crippen LogP contribution in [0.3, 0.4) is 0 Å². The summed E-state index contributed by atoms with van der Waals surface area (Å²) in [5.41, 5.74) is 0. The van der Waals surface area contributed by atoms with Crippen LogP contribution in [0, 0.1) is 0 Å². The lowest BCUT2D eigenvalue weighted by Gasteiger charge is -2.33. The summed E-state index contributed by atoms with van der Waals surface area (Å²) in [4.78, 5) is 8.28. The lowest BCUT2D eigenvalue weighted by atomic mass is 10.1. The van der Waals surface area contributed by atoms with Crippen molar-refractivity contribution < 1.29 is 8.42 Å². The van der Waals surface area contributed by atoms with Gasteiger partial charge in [0.2, 0.25) is 0 Å². The Morgan fingerprint density at radius 3 is 2.52 bits per heavy atom. The van der Waals surface area contributed by atoms with Gasteiger partial charge in [-0.15, -0.1) is 35.7 Å². The topological polar surface area (TPSA) is 73.8 Å². The summed E-state index contributed by atoms with van der Waals surface area (Å²) in [5.74, 6) is 1.12. The minimum atomic E-state index is -2.89. The predicted molar refractivity (Wildman–Crippen MR) is 135 cm³/mol. The molecular formula is C20H35IN4O2S2. The number of hydrogen-bond acceptors (Lipinski definition) is 5. The van der Waals surface area contributed by atoms with Gasteiger partial charge in [0.05, 0.1) is 12.3 Å². The fourth-order valence-electron chi connectivity index (χ4n) is 3.10. The number of nitrogens with zero attached hydrogens (tertiary/aromatic N) is 2. The third-order valence-electron chi connectivity index (χ3n) is 4.64. The maximum atomic E-state index is 11.3. The number of thioether (sulfide) groups is 1. The van der Waals surface area contributed by atoms with Crippen LogP contribution in [0.1, 0.15) is 26.7 Å². The molecule has 2 rings (SSSR count). The molecule has 0 amide bonds. The molecule has 0 bridgehead atoms. The van der Waals surface area contributed by atoms with Crippen LogP contribution < -0.4 is 10.6 Å². The van der Waals surface area contributed by atoms with Gasteiger partial charge in [0.15, 0.2) is 5.96 Å². The predicted octanol–water partition coefficient (Wildman–Crippen LogP) is 2.85. The highest BCUT2D eigenvalue weighted by Gasteiger charge is 2.20. The molecule has 1 atom stereocenters. The Morgan fingerprint density at radius 2 is 1.93 bits per heavy atom. The number of guanidine groups is 1. The standard InChI is InChI=1S/C20H34N4O2S2.HI/c1-4-21-20(22-16-17(2)27-19-8-6-5-7-9-19)23-18-10-12-24(13-11-18)14-15-28(3,25)26;/h5-9,17-18H,4,10-16H2,1-3H3,(H2,21,22,23);1H. The third-order valence-corrected chi connectivity index (χ3v) is 6.66. The average molecular weight is 555 g/mol. The Morgan fingerprint density at radius 1 is 1.28 bits per heavy atom. The quantitative estimate of drug-likeness (QED) is 0.212. The molecule has 1 aromatic carbocycles. The number of benzene rings is 1. The molecule has 0 aromatic heterocycles. The van der Waals surface area contributed by atoms with Gasteiger partial charge in [-0.05, 0) is 31.9 Å². The van der Waals surface area contributed by atoms with E-state index in [1.807, 2.05) is 17.8 Å². The van der Waals surface area contributed by atoms with Gasteiger partial charge in [-0.1, -0.05) is 25.1 Å². The smallest absolute Gasteiger partial charge is 0.191 e. The van der Waals surface area contributed by atoms with E-state index in [0.717, 1.165) is 45.0 Å². The highest BCUT2D eigenvalue weighted by molar-refractivity contribution is 14.0. The molecule has 29 heavy (non-hydrogen) atoms. The molecule has 1 fully saturated rings. The van der Waals surface area contributed by atoms with Crippen LogP contribution in [0.5, 0.6) is 0 Å². The van der Waals surface area contributed by atoms with Gasteiger partial charge in [-0.3, -0.25) is 4.99 Å². The zero-order valence-corrected chi connectivity index (χ0v) is 21.6. The van der Waals surface area contributed by atoms with E-state index >= 15 is 0 Å². The van der Waals surface area contributed by atoms with Crippen molar-refractivity contribution in [3.05, 3.63) is 30.3 Å². The number of rotatable bonds is 9. The fourth-order valence-corrected chi connectivity index (χ4v) is 4.62. The number of sulfone groups is 1. The number of halogens is 1. The molecular weight excluding hydrogens is 519 g/mol. The first-order chi connectivity index (χ1) is 13.4. The average Bonchev–Trinajstić information content (AvgIpc) is 2.66. The van der Waals surface area contributed by atoms with Crippen molar-refractivity contribution in [2.45, 2.75) is 42.9 Å². The molecule has 1 heterocycles. The van der Waals surface area contributed by atoms with Crippen LogP contribution >= 0.6 is 35.7 Å². The Labute approximate surface area is 197 Å². The second-order valence-electron chi connectivity index (χ2n) is 7.35. The molecule has 166 valence electrons. The largest absolute Gasteiger partial charge is 0.357 e. The van der Waals surface area contributed by atoms with Gasteiger partial charge >= 0.3 is 0 Å². The first-order valence-electron chi connectivity index (χ1n) is 10.0. The van der Waals surface area contributed by atoms with E-state index in [4.69, 9.17) is 4.99 Å². The van der Waals surface area contributed by atoms with Crippen LogP contribution in [0.2, 0.25) is 0 Å². The second-order valence-corrected chi connectivity index (χ2v) is 11.1.